The molecule has 10 nitrogen and oxygen atoms in total. The van der Waals surface area contributed by atoms with Crippen LogP contribution in [0.15, 0.2) is 89.9 Å². The van der Waals surface area contributed by atoms with Gasteiger partial charge in [-0.25, -0.2) is 4.68 Å². The highest BCUT2D eigenvalue weighted by Gasteiger charge is 2.16. The molecular weight excluding hydrogens is 552 g/mol. The third-order valence-electron chi connectivity index (χ3n) is 6.36. The number of hydrogen-bond acceptors (Lipinski definition) is 8. The van der Waals surface area contributed by atoms with Crippen LogP contribution in [0.25, 0.3) is 40.1 Å². The van der Waals surface area contributed by atoms with E-state index in [0.29, 0.717) is 38.7 Å². The van der Waals surface area contributed by atoms with Crippen LogP contribution < -0.4 is 14.8 Å². The maximum atomic E-state index is 13.3. The summed E-state index contributed by atoms with van der Waals surface area (Å²) in [6, 6.07) is 23.5. The lowest BCUT2D eigenvalue weighted by atomic mass is 10.1. The van der Waals surface area contributed by atoms with E-state index in [-0.39, 0.29) is 11.2 Å². The SMILES string of the molecule is CCCOc1ccc(/C=C/c2nc3s/c(=C\c4cn(-c5ccccc5)nc4-c4cccc([N+](=O)[O-])c4)c(=O)n3n2)cc1. The molecule has 0 fully saturated rings. The third-order valence-corrected chi connectivity index (χ3v) is 7.32. The van der Waals surface area contributed by atoms with Gasteiger partial charge in [-0.05, 0) is 48.4 Å². The van der Waals surface area contributed by atoms with Crippen LogP contribution in [-0.2, 0) is 0 Å². The van der Waals surface area contributed by atoms with Gasteiger partial charge in [0.2, 0.25) is 4.96 Å². The summed E-state index contributed by atoms with van der Waals surface area (Å²) in [5.74, 6) is 1.24. The molecule has 0 spiro atoms. The van der Waals surface area contributed by atoms with Crippen molar-refractivity contribution in [3.05, 3.63) is 127 Å². The molecule has 0 aliphatic carbocycles. The number of thiazole rings is 1. The molecule has 208 valence electrons. The number of nitrogens with zero attached hydrogens (tertiary/aromatic N) is 6. The Hall–Kier alpha value is -5.42. The summed E-state index contributed by atoms with van der Waals surface area (Å²) in [6.45, 7) is 2.73. The summed E-state index contributed by atoms with van der Waals surface area (Å²) in [5, 5.41) is 20.5. The van der Waals surface area contributed by atoms with Gasteiger partial charge in [0.25, 0.3) is 11.2 Å². The average Bonchev–Trinajstić information content (AvgIpc) is 3.70. The quantitative estimate of drug-likeness (QED) is 0.167. The number of rotatable bonds is 9. The van der Waals surface area contributed by atoms with Gasteiger partial charge in [0, 0.05) is 29.5 Å². The molecule has 0 bridgehead atoms. The zero-order valence-electron chi connectivity index (χ0n) is 22.5. The summed E-state index contributed by atoms with van der Waals surface area (Å²) in [6.07, 6.45) is 8.11. The fourth-order valence-electron chi connectivity index (χ4n) is 4.32. The lowest BCUT2D eigenvalue weighted by Crippen LogP contribution is -2.23. The Labute approximate surface area is 243 Å². The second-order valence-corrected chi connectivity index (χ2v) is 10.4. The molecule has 0 aliphatic rings. The van der Waals surface area contributed by atoms with Crippen LogP contribution in [0.3, 0.4) is 0 Å². The van der Waals surface area contributed by atoms with E-state index in [1.807, 2.05) is 60.7 Å². The van der Waals surface area contributed by atoms with E-state index in [4.69, 9.17) is 9.84 Å². The monoisotopic (exact) mass is 576 g/mol. The number of non-ortho nitro benzene ring substituents is 1. The predicted octanol–water partition coefficient (Wildman–Crippen LogP) is 5.42. The Morgan fingerprint density at radius 3 is 2.55 bits per heavy atom. The van der Waals surface area contributed by atoms with Gasteiger partial charge in [0.05, 0.1) is 21.7 Å². The predicted molar refractivity (Wildman–Crippen MR) is 163 cm³/mol. The standard InChI is InChI=1S/C31H24N6O4S/c1-2-17-41-26-14-11-21(12-15-26)13-16-28-32-31-36(33-28)30(38)27(42-31)19-23-20-35(24-8-4-3-5-9-24)34-29(23)22-7-6-10-25(18-22)37(39)40/h3-16,18-20H,2,17H2,1H3/b16-13+,27-19-. The first kappa shape index (κ1) is 26.8. The maximum absolute atomic E-state index is 13.3. The van der Waals surface area contributed by atoms with E-state index in [1.165, 1.54) is 28.0 Å². The first-order valence-corrected chi connectivity index (χ1v) is 14.0. The third kappa shape index (κ3) is 5.58. The molecule has 0 amide bonds. The number of hydrogen-bond donors (Lipinski definition) is 0. The van der Waals surface area contributed by atoms with Gasteiger partial charge < -0.3 is 4.74 Å². The van der Waals surface area contributed by atoms with Gasteiger partial charge in [-0.1, -0.05) is 66.8 Å². The van der Waals surface area contributed by atoms with Crippen molar-refractivity contribution in [1.82, 2.24) is 24.4 Å². The van der Waals surface area contributed by atoms with E-state index < -0.39 is 4.92 Å². The lowest BCUT2D eigenvalue weighted by molar-refractivity contribution is -0.384. The first-order chi connectivity index (χ1) is 20.5. The number of ether oxygens (including phenoxy) is 1. The number of nitro benzene ring substituents is 1. The lowest BCUT2D eigenvalue weighted by Gasteiger charge is -2.03. The summed E-state index contributed by atoms with van der Waals surface area (Å²) < 4.78 is 9.01. The average molecular weight is 577 g/mol. The van der Waals surface area contributed by atoms with Crippen LogP contribution in [0.1, 0.15) is 30.3 Å². The van der Waals surface area contributed by atoms with Gasteiger partial charge in [0.15, 0.2) is 5.82 Å². The van der Waals surface area contributed by atoms with Crippen LogP contribution in [0.4, 0.5) is 5.69 Å². The Bertz CT molecular complexity index is 2030. The molecule has 3 aromatic heterocycles. The molecule has 6 rings (SSSR count). The Morgan fingerprint density at radius 1 is 1.00 bits per heavy atom. The zero-order chi connectivity index (χ0) is 29.1. The Kier molecular flexibility index (Phi) is 7.39. The van der Waals surface area contributed by atoms with Gasteiger partial charge in [-0.15, -0.1) is 5.10 Å². The van der Waals surface area contributed by atoms with E-state index >= 15 is 0 Å². The normalized spacial score (nSPS) is 12.0. The highest BCUT2D eigenvalue weighted by atomic mass is 32.1. The van der Waals surface area contributed by atoms with Crippen molar-refractivity contribution in [3.63, 3.8) is 0 Å². The number of fused-ring (bicyclic) bond motifs is 1. The van der Waals surface area contributed by atoms with Gasteiger partial charge in [-0.3, -0.25) is 14.9 Å². The molecular formula is C31H24N6O4S. The second kappa shape index (κ2) is 11.6. The van der Waals surface area contributed by atoms with Crippen LogP contribution in [-0.4, -0.2) is 35.9 Å². The molecule has 0 radical (unpaired) electrons. The number of benzene rings is 3. The molecule has 11 heteroatoms. The molecule has 3 aromatic carbocycles. The minimum absolute atomic E-state index is 0.0441. The molecule has 0 aliphatic heterocycles. The molecule has 0 N–H and O–H groups in total. The van der Waals surface area contributed by atoms with Crippen molar-refractivity contribution in [2.75, 3.05) is 6.61 Å². The number of aromatic nitrogens is 5. The molecule has 0 atom stereocenters. The second-order valence-electron chi connectivity index (χ2n) is 9.35. The Morgan fingerprint density at radius 2 is 1.81 bits per heavy atom. The van der Waals surface area contributed by atoms with E-state index in [2.05, 4.69) is 17.0 Å². The van der Waals surface area contributed by atoms with Crippen molar-refractivity contribution in [2.45, 2.75) is 13.3 Å². The molecule has 6 aromatic rings. The van der Waals surface area contributed by atoms with Crippen LogP contribution in [0.5, 0.6) is 5.75 Å². The van der Waals surface area contributed by atoms with Crippen LogP contribution in [0, 0.1) is 10.1 Å². The van der Waals surface area contributed by atoms with Gasteiger partial charge in [0.1, 0.15) is 11.4 Å². The highest BCUT2D eigenvalue weighted by Crippen LogP contribution is 2.27. The Balaban J connectivity index is 1.35. The van der Waals surface area contributed by atoms with Crippen molar-refractivity contribution in [2.24, 2.45) is 0 Å². The molecule has 0 unspecified atom stereocenters. The van der Waals surface area contributed by atoms with Gasteiger partial charge >= 0.3 is 0 Å². The van der Waals surface area contributed by atoms with E-state index in [9.17, 15) is 14.9 Å². The number of para-hydroxylation sites is 1. The molecule has 42 heavy (non-hydrogen) atoms. The van der Waals surface area contributed by atoms with Crippen LogP contribution in [0.2, 0.25) is 0 Å². The number of nitro groups is 1. The summed E-state index contributed by atoms with van der Waals surface area (Å²) in [7, 11) is 0. The van der Waals surface area contributed by atoms with Crippen molar-refractivity contribution in [3.8, 4) is 22.7 Å². The minimum atomic E-state index is -0.445. The zero-order valence-corrected chi connectivity index (χ0v) is 23.3. The summed E-state index contributed by atoms with van der Waals surface area (Å²) in [5.41, 5.74) is 3.12. The van der Waals surface area contributed by atoms with Gasteiger partial charge in [-0.2, -0.15) is 14.6 Å². The molecule has 3 heterocycles. The minimum Gasteiger partial charge on any atom is -0.494 e. The largest absolute Gasteiger partial charge is 0.494 e. The fourth-order valence-corrected chi connectivity index (χ4v) is 5.23. The van der Waals surface area contributed by atoms with Crippen molar-refractivity contribution >= 4 is 40.2 Å². The highest BCUT2D eigenvalue weighted by molar-refractivity contribution is 7.15. The first-order valence-electron chi connectivity index (χ1n) is 13.2. The van der Waals surface area contributed by atoms with Crippen molar-refractivity contribution < 1.29 is 9.66 Å². The summed E-state index contributed by atoms with van der Waals surface area (Å²) >= 11 is 1.21. The van der Waals surface area contributed by atoms with E-state index in [0.717, 1.165) is 23.4 Å². The molecule has 0 saturated carbocycles. The molecule has 0 saturated heterocycles. The topological polar surface area (TPSA) is 117 Å². The smallest absolute Gasteiger partial charge is 0.291 e. The van der Waals surface area contributed by atoms with Crippen molar-refractivity contribution in [1.29, 1.82) is 0 Å². The van der Waals surface area contributed by atoms with E-state index in [1.54, 1.807) is 35.2 Å². The van der Waals surface area contributed by atoms with Crippen LogP contribution >= 0.6 is 11.3 Å². The summed E-state index contributed by atoms with van der Waals surface area (Å²) in [4.78, 5) is 29.2. The maximum Gasteiger partial charge on any atom is 0.291 e. The fraction of sp³-hybridized carbons (Fsp3) is 0.0968.